The molecule has 2 rings (SSSR count). The van der Waals surface area contributed by atoms with Gasteiger partial charge in [0, 0.05) is 17.6 Å². The lowest BCUT2D eigenvalue weighted by molar-refractivity contribution is 0.248. The van der Waals surface area contributed by atoms with Crippen molar-refractivity contribution in [2.75, 3.05) is 11.9 Å². The molecule has 0 unspecified atom stereocenters. The van der Waals surface area contributed by atoms with Gasteiger partial charge in [-0.2, -0.15) is 0 Å². The second kappa shape index (κ2) is 6.93. The molecule has 2 aromatic carbocycles. The largest absolute Gasteiger partial charge is 0.337 e. The quantitative estimate of drug-likeness (QED) is 0.848. The van der Waals surface area contributed by atoms with Gasteiger partial charge in [-0.3, -0.25) is 0 Å². The third-order valence-corrected chi connectivity index (χ3v) is 3.92. The van der Waals surface area contributed by atoms with Gasteiger partial charge < -0.3 is 10.6 Å². The number of hydrogen-bond acceptors (Lipinski definition) is 1. The van der Waals surface area contributed by atoms with Crippen LogP contribution in [-0.4, -0.2) is 12.6 Å². The third-order valence-electron chi connectivity index (χ3n) is 3.92. The smallest absolute Gasteiger partial charge is 0.319 e. The molecule has 0 aliphatic heterocycles. The second-order valence-corrected chi connectivity index (χ2v) is 5.45. The van der Waals surface area contributed by atoms with Crippen LogP contribution in [0.3, 0.4) is 0 Å². The molecule has 21 heavy (non-hydrogen) atoms. The van der Waals surface area contributed by atoms with Crippen LogP contribution in [0, 0.1) is 0 Å². The number of benzene rings is 2. The number of nitrogens with one attached hydrogen (secondary N) is 2. The summed E-state index contributed by atoms with van der Waals surface area (Å²) in [5.74, 6) is 0. The van der Waals surface area contributed by atoms with E-state index in [4.69, 9.17) is 0 Å². The molecule has 0 aliphatic carbocycles. The van der Waals surface area contributed by atoms with Crippen LogP contribution in [0.2, 0.25) is 0 Å². The van der Waals surface area contributed by atoms with E-state index >= 15 is 0 Å². The third kappa shape index (κ3) is 4.09. The summed E-state index contributed by atoms with van der Waals surface area (Å²) in [5.41, 5.74) is 1.98. The van der Waals surface area contributed by atoms with Gasteiger partial charge in [-0.1, -0.05) is 62.4 Å². The molecule has 0 saturated carbocycles. The molecule has 0 saturated heterocycles. The fourth-order valence-electron chi connectivity index (χ4n) is 2.24. The highest BCUT2D eigenvalue weighted by molar-refractivity contribution is 5.89. The van der Waals surface area contributed by atoms with E-state index in [9.17, 15) is 4.79 Å². The molecule has 0 radical (unpaired) electrons. The Kier molecular flexibility index (Phi) is 4.99. The molecule has 0 heterocycles. The van der Waals surface area contributed by atoms with Crippen LogP contribution in [0.4, 0.5) is 10.5 Å². The lowest BCUT2D eigenvalue weighted by atomic mass is 9.80. The first-order valence-electron chi connectivity index (χ1n) is 7.29. The minimum atomic E-state index is -0.170. The van der Waals surface area contributed by atoms with Crippen LogP contribution in [0.1, 0.15) is 25.8 Å². The maximum atomic E-state index is 12.0. The Balaban J connectivity index is 1.96. The minimum absolute atomic E-state index is 0.0602. The zero-order valence-corrected chi connectivity index (χ0v) is 12.6. The number of carbonyl (C=O) groups is 1. The highest BCUT2D eigenvalue weighted by atomic mass is 16.2. The summed E-state index contributed by atoms with van der Waals surface area (Å²) >= 11 is 0. The molecule has 1 atom stereocenters. The SMILES string of the molecule is CC[C@@](C)(CNC(=O)Nc1ccccc1)c1ccccc1. The van der Waals surface area contributed by atoms with Crippen molar-refractivity contribution in [3.63, 3.8) is 0 Å². The maximum Gasteiger partial charge on any atom is 0.319 e. The van der Waals surface area contributed by atoms with Crippen molar-refractivity contribution in [2.24, 2.45) is 0 Å². The Labute approximate surface area is 126 Å². The van der Waals surface area contributed by atoms with E-state index in [0.717, 1.165) is 12.1 Å². The Hall–Kier alpha value is -2.29. The van der Waals surface area contributed by atoms with E-state index in [0.29, 0.717) is 6.54 Å². The number of urea groups is 1. The standard InChI is InChI=1S/C18H22N2O/c1-3-18(2,15-10-6-4-7-11-15)14-19-17(21)20-16-12-8-5-9-13-16/h4-13H,3,14H2,1-2H3,(H2,19,20,21)/t18-/m0/s1. The summed E-state index contributed by atoms with van der Waals surface area (Å²) in [5, 5.41) is 5.81. The van der Waals surface area contributed by atoms with E-state index in [1.807, 2.05) is 48.5 Å². The van der Waals surface area contributed by atoms with Crippen molar-refractivity contribution in [3.05, 3.63) is 66.2 Å². The number of hydrogen-bond donors (Lipinski definition) is 2. The van der Waals surface area contributed by atoms with Gasteiger partial charge in [-0.05, 0) is 24.1 Å². The molecular weight excluding hydrogens is 260 g/mol. The first kappa shape index (κ1) is 15.1. The van der Waals surface area contributed by atoms with Crippen LogP contribution in [0.15, 0.2) is 60.7 Å². The van der Waals surface area contributed by atoms with Gasteiger partial charge >= 0.3 is 6.03 Å². The van der Waals surface area contributed by atoms with E-state index in [1.54, 1.807) is 0 Å². The zero-order chi connectivity index (χ0) is 15.1. The minimum Gasteiger partial charge on any atom is -0.337 e. The Bertz CT molecular complexity index is 568. The van der Waals surface area contributed by atoms with Crippen molar-refractivity contribution in [1.82, 2.24) is 5.32 Å². The summed E-state index contributed by atoms with van der Waals surface area (Å²) in [6.07, 6.45) is 0.961. The summed E-state index contributed by atoms with van der Waals surface area (Å²) in [6.45, 7) is 4.92. The molecule has 0 fully saturated rings. The molecule has 3 heteroatoms. The van der Waals surface area contributed by atoms with E-state index in [2.05, 4.69) is 36.6 Å². The predicted octanol–water partition coefficient (Wildman–Crippen LogP) is 4.18. The monoisotopic (exact) mass is 282 g/mol. The van der Waals surface area contributed by atoms with Gasteiger partial charge in [0.1, 0.15) is 0 Å². The summed E-state index contributed by atoms with van der Waals surface area (Å²) < 4.78 is 0. The highest BCUT2D eigenvalue weighted by Gasteiger charge is 2.24. The maximum absolute atomic E-state index is 12.0. The van der Waals surface area contributed by atoms with Crippen molar-refractivity contribution < 1.29 is 4.79 Å². The molecule has 3 nitrogen and oxygen atoms in total. The Morgan fingerprint density at radius 2 is 1.57 bits per heavy atom. The average molecular weight is 282 g/mol. The number of anilines is 1. The Morgan fingerprint density at radius 1 is 1.00 bits per heavy atom. The van der Waals surface area contributed by atoms with Gasteiger partial charge in [0.15, 0.2) is 0 Å². The molecule has 2 aromatic rings. The highest BCUT2D eigenvalue weighted by Crippen LogP contribution is 2.26. The molecule has 2 amide bonds. The van der Waals surface area contributed by atoms with E-state index in [1.165, 1.54) is 5.56 Å². The lowest BCUT2D eigenvalue weighted by Gasteiger charge is -2.29. The fourth-order valence-corrected chi connectivity index (χ4v) is 2.24. The van der Waals surface area contributed by atoms with Gasteiger partial charge in [0.2, 0.25) is 0 Å². The van der Waals surface area contributed by atoms with E-state index in [-0.39, 0.29) is 11.4 Å². The topological polar surface area (TPSA) is 41.1 Å². The van der Waals surface area contributed by atoms with Crippen LogP contribution in [0.5, 0.6) is 0 Å². The molecule has 110 valence electrons. The normalized spacial score (nSPS) is 13.2. The predicted molar refractivity (Wildman–Crippen MR) is 87.5 cm³/mol. The average Bonchev–Trinajstić information content (AvgIpc) is 2.54. The lowest BCUT2D eigenvalue weighted by Crippen LogP contribution is -2.40. The van der Waals surface area contributed by atoms with Gasteiger partial charge in [0.05, 0.1) is 0 Å². The van der Waals surface area contributed by atoms with Crippen molar-refractivity contribution in [1.29, 1.82) is 0 Å². The number of amides is 2. The first-order valence-corrected chi connectivity index (χ1v) is 7.29. The zero-order valence-electron chi connectivity index (χ0n) is 12.6. The molecule has 0 aliphatic rings. The van der Waals surface area contributed by atoms with Crippen LogP contribution in [0.25, 0.3) is 0 Å². The van der Waals surface area contributed by atoms with Gasteiger partial charge in [-0.25, -0.2) is 4.79 Å². The Morgan fingerprint density at radius 3 is 2.14 bits per heavy atom. The number of para-hydroxylation sites is 1. The van der Waals surface area contributed by atoms with Crippen molar-refractivity contribution in [3.8, 4) is 0 Å². The molecule has 0 aromatic heterocycles. The van der Waals surface area contributed by atoms with Crippen molar-refractivity contribution in [2.45, 2.75) is 25.7 Å². The fraction of sp³-hybridized carbons (Fsp3) is 0.278. The van der Waals surface area contributed by atoms with E-state index < -0.39 is 0 Å². The van der Waals surface area contributed by atoms with Gasteiger partial charge in [-0.15, -0.1) is 0 Å². The molecular formula is C18H22N2O. The molecule has 0 bridgehead atoms. The molecule has 0 spiro atoms. The van der Waals surface area contributed by atoms with Crippen LogP contribution in [-0.2, 0) is 5.41 Å². The summed E-state index contributed by atoms with van der Waals surface area (Å²) in [4.78, 5) is 12.0. The van der Waals surface area contributed by atoms with Crippen LogP contribution >= 0.6 is 0 Å². The van der Waals surface area contributed by atoms with Crippen LogP contribution < -0.4 is 10.6 Å². The second-order valence-electron chi connectivity index (χ2n) is 5.45. The first-order chi connectivity index (χ1) is 10.1. The summed E-state index contributed by atoms with van der Waals surface area (Å²) in [7, 11) is 0. The summed E-state index contributed by atoms with van der Waals surface area (Å²) in [6, 6.07) is 19.6. The van der Waals surface area contributed by atoms with Crippen molar-refractivity contribution >= 4 is 11.7 Å². The molecule has 2 N–H and O–H groups in total. The van der Waals surface area contributed by atoms with Gasteiger partial charge in [0.25, 0.3) is 0 Å². The number of carbonyl (C=O) groups excluding carboxylic acids is 1. The number of rotatable bonds is 5.